The summed E-state index contributed by atoms with van der Waals surface area (Å²) in [5.74, 6) is 0. The van der Waals surface area contributed by atoms with E-state index in [4.69, 9.17) is 0 Å². The molecule has 0 unspecified atom stereocenters. The number of pyridine rings is 1. The van der Waals surface area contributed by atoms with Crippen LogP contribution in [0.5, 0.6) is 0 Å². The molecule has 5 nitrogen and oxygen atoms in total. The molecule has 6 heteroatoms. The number of aromatic amines is 1. The number of H-pyrrole nitrogens is 1. The van der Waals surface area contributed by atoms with E-state index in [1.807, 2.05) is 0 Å². The Morgan fingerprint density at radius 2 is 2.20 bits per heavy atom. The third-order valence-electron chi connectivity index (χ3n) is 2.58. The first-order chi connectivity index (χ1) is 7.19. The highest BCUT2D eigenvalue weighted by molar-refractivity contribution is 7.92. The molecule has 0 atom stereocenters. The lowest BCUT2D eigenvalue weighted by atomic mass is 10.4. The molecule has 1 N–H and O–H groups in total. The average molecular weight is 223 g/mol. The highest BCUT2D eigenvalue weighted by atomic mass is 32.2. The number of fused-ring (bicyclic) bond motifs is 1. The van der Waals surface area contributed by atoms with Crippen molar-refractivity contribution >= 4 is 20.9 Å². The van der Waals surface area contributed by atoms with Gasteiger partial charge in [-0.2, -0.15) is 5.10 Å². The topological polar surface area (TPSA) is 75.7 Å². The highest BCUT2D eigenvalue weighted by Gasteiger charge is 2.37. The summed E-state index contributed by atoms with van der Waals surface area (Å²) in [6.07, 6.45) is 4.54. The summed E-state index contributed by atoms with van der Waals surface area (Å²) in [5, 5.41) is 6.86. The van der Waals surface area contributed by atoms with E-state index < -0.39 is 9.84 Å². The van der Waals surface area contributed by atoms with Crippen LogP contribution in [0.4, 0.5) is 0 Å². The number of nitrogens with zero attached hydrogens (tertiary/aromatic N) is 2. The van der Waals surface area contributed by atoms with Crippen LogP contribution in [-0.4, -0.2) is 28.8 Å². The van der Waals surface area contributed by atoms with E-state index in [1.54, 1.807) is 6.07 Å². The largest absolute Gasteiger partial charge is 0.261 e. The molecule has 15 heavy (non-hydrogen) atoms. The summed E-state index contributed by atoms with van der Waals surface area (Å²) < 4.78 is 24.1. The van der Waals surface area contributed by atoms with Crippen molar-refractivity contribution in [1.29, 1.82) is 0 Å². The number of aromatic nitrogens is 3. The van der Waals surface area contributed by atoms with Gasteiger partial charge in [0.05, 0.1) is 21.7 Å². The summed E-state index contributed by atoms with van der Waals surface area (Å²) >= 11 is 0. The molecule has 0 spiro atoms. The van der Waals surface area contributed by atoms with Crippen molar-refractivity contribution in [3.63, 3.8) is 0 Å². The maximum Gasteiger partial charge on any atom is 0.182 e. The minimum Gasteiger partial charge on any atom is -0.261 e. The molecule has 0 bridgehead atoms. The zero-order valence-corrected chi connectivity index (χ0v) is 8.66. The molecule has 0 aromatic carbocycles. The Bertz CT molecular complexity index is 613. The monoisotopic (exact) mass is 223 g/mol. The molecule has 0 amide bonds. The molecule has 1 aliphatic carbocycles. The Hall–Kier alpha value is -1.43. The van der Waals surface area contributed by atoms with E-state index in [9.17, 15) is 8.42 Å². The van der Waals surface area contributed by atoms with Crippen molar-refractivity contribution in [2.45, 2.75) is 23.0 Å². The van der Waals surface area contributed by atoms with Crippen LogP contribution in [0.2, 0.25) is 0 Å². The highest BCUT2D eigenvalue weighted by Crippen LogP contribution is 2.35. The second kappa shape index (κ2) is 2.79. The smallest absolute Gasteiger partial charge is 0.182 e. The molecule has 1 saturated carbocycles. The lowest BCUT2D eigenvalue weighted by molar-refractivity contribution is 0.595. The quantitative estimate of drug-likeness (QED) is 0.820. The van der Waals surface area contributed by atoms with Gasteiger partial charge < -0.3 is 0 Å². The van der Waals surface area contributed by atoms with Crippen molar-refractivity contribution < 1.29 is 8.42 Å². The van der Waals surface area contributed by atoms with Crippen LogP contribution in [0.15, 0.2) is 23.4 Å². The minimum atomic E-state index is -3.16. The third kappa shape index (κ3) is 1.25. The molecule has 2 heterocycles. The number of nitrogens with one attached hydrogen (secondary N) is 1. The second-order valence-electron chi connectivity index (χ2n) is 3.69. The molecule has 78 valence electrons. The van der Waals surface area contributed by atoms with Crippen molar-refractivity contribution in [3.05, 3.63) is 18.5 Å². The van der Waals surface area contributed by atoms with E-state index in [0.717, 1.165) is 12.8 Å². The normalized spacial score (nSPS) is 17.1. The lowest BCUT2D eigenvalue weighted by Crippen LogP contribution is -2.07. The number of hydrogen-bond donors (Lipinski definition) is 1. The van der Waals surface area contributed by atoms with Gasteiger partial charge in [0.25, 0.3) is 0 Å². The van der Waals surface area contributed by atoms with Crippen molar-refractivity contribution in [1.82, 2.24) is 15.2 Å². The first-order valence-corrected chi connectivity index (χ1v) is 6.26. The number of sulfone groups is 1. The molecule has 2 aromatic rings. The molecule has 1 aliphatic rings. The fourth-order valence-corrected chi connectivity index (χ4v) is 3.46. The minimum absolute atomic E-state index is 0.196. The fraction of sp³-hybridized carbons (Fsp3) is 0.333. The average Bonchev–Trinajstić information content (AvgIpc) is 2.97. The summed E-state index contributed by atoms with van der Waals surface area (Å²) in [6.45, 7) is 0. The maximum absolute atomic E-state index is 12.0. The van der Waals surface area contributed by atoms with E-state index in [1.165, 1.54) is 12.4 Å². The summed E-state index contributed by atoms with van der Waals surface area (Å²) in [5.41, 5.74) is 0.525. The Balaban J connectivity index is 2.30. The first-order valence-electron chi connectivity index (χ1n) is 4.71. The van der Waals surface area contributed by atoms with E-state index in [0.29, 0.717) is 15.9 Å². The van der Waals surface area contributed by atoms with Gasteiger partial charge in [-0.1, -0.05) is 0 Å². The van der Waals surface area contributed by atoms with Crippen molar-refractivity contribution in [2.75, 3.05) is 0 Å². The molecule has 0 saturated heterocycles. The standard InChI is InChI=1S/C9H9N3O2S/c13-15(14,6-1-2-6)8-3-4-10-9-7(8)5-11-12-9/h3-6H,1-2H2,(H,10,11,12). The van der Waals surface area contributed by atoms with Gasteiger partial charge in [0.15, 0.2) is 15.5 Å². The maximum atomic E-state index is 12.0. The van der Waals surface area contributed by atoms with E-state index in [-0.39, 0.29) is 5.25 Å². The van der Waals surface area contributed by atoms with Gasteiger partial charge in [0.2, 0.25) is 0 Å². The molecular formula is C9H9N3O2S. The summed E-state index contributed by atoms with van der Waals surface area (Å²) in [6, 6.07) is 1.55. The lowest BCUT2D eigenvalue weighted by Gasteiger charge is -2.02. The Morgan fingerprint density at radius 1 is 1.40 bits per heavy atom. The van der Waals surface area contributed by atoms with Gasteiger partial charge in [-0.3, -0.25) is 5.10 Å². The van der Waals surface area contributed by atoms with Crippen LogP contribution in [0.3, 0.4) is 0 Å². The molecule has 2 aromatic heterocycles. The van der Waals surface area contributed by atoms with Crippen LogP contribution < -0.4 is 0 Å². The molecular weight excluding hydrogens is 214 g/mol. The fourth-order valence-electron chi connectivity index (χ4n) is 1.63. The van der Waals surface area contributed by atoms with Crippen molar-refractivity contribution in [3.8, 4) is 0 Å². The van der Waals surface area contributed by atoms with Gasteiger partial charge in [-0.15, -0.1) is 0 Å². The zero-order valence-electron chi connectivity index (χ0n) is 7.84. The van der Waals surface area contributed by atoms with Gasteiger partial charge >= 0.3 is 0 Å². The van der Waals surface area contributed by atoms with Gasteiger partial charge in [0.1, 0.15) is 0 Å². The SMILES string of the molecule is O=S(=O)(c1ccnc2[nH]ncc12)C1CC1. The molecule has 3 rings (SSSR count). The molecule has 0 aliphatic heterocycles. The molecule has 0 radical (unpaired) electrons. The predicted molar refractivity (Wildman–Crippen MR) is 54.1 cm³/mol. The van der Waals surface area contributed by atoms with Crippen LogP contribution >= 0.6 is 0 Å². The van der Waals surface area contributed by atoms with E-state index in [2.05, 4.69) is 15.2 Å². The summed E-state index contributed by atoms with van der Waals surface area (Å²) in [4.78, 5) is 4.36. The van der Waals surface area contributed by atoms with E-state index >= 15 is 0 Å². The Morgan fingerprint density at radius 3 is 2.93 bits per heavy atom. The third-order valence-corrected chi connectivity index (χ3v) is 4.90. The van der Waals surface area contributed by atoms with Crippen LogP contribution in [0.25, 0.3) is 11.0 Å². The Labute approximate surface area is 86.4 Å². The van der Waals surface area contributed by atoms with Crippen LogP contribution in [0, 0.1) is 0 Å². The van der Waals surface area contributed by atoms with Crippen molar-refractivity contribution in [2.24, 2.45) is 0 Å². The van der Waals surface area contributed by atoms with Crippen LogP contribution in [-0.2, 0) is 9.84 Å². The molecule has 1 fully saturated rings. The summed E-state index contributed by atoms with van der Waals surface area (Å²) in [7, 11) is -3.16. The first kappa shape index (κ1) is 8.84. The van der Waals surface area contributed by atoms with Gasteiger partial charge in [-0.25, -0.2) is 13.4 Å². The number of rotatable bonds is 2. The second-order valence-corrected chi connectivity index (χ2v) is 5.88. The van der Waals surface area contributed by atoms with Gasteiger partial charge in [-0.05, 0) is 18.9 Å². The Kier molecular flexibility index (Phi) is 1.64. The number of hydrogen-bond acceptors (Lipinski definition) is 4. The van der Waals surface area contributed by atoms with Crippen LogP contribution in [0.1, 0.15) is 12.8 Å². The predicted octanol–water partition coefficient (Wildman–Crippen LogP) is 0.894. The van der Waals surface area contributed by atoms with Gasteiger partial charge in [0, 0.05) is 6.20 Å². The zero-order chi connectivity index (χ0) is 10.5.